The minimum Gasteiger partial charge on any atom is -0.383 e. The van der Waals surface area contributed by atoms with Gasteiger partial charge in [0.2, 0.25) is 0 Å². The highest BCUT2D eigenvalue weighted by atomic mass is 32.2. The molecule has 0 N–H and O–H groups in total. The molecule has 0 atom stereocenters. The minimum atomic E-state index is -3.80. The van der Waals surface area contributed by atoms with Crippen LogP contribution >= 0.6 is 11.8 Å². The molecule has 0 saturated carbocycles. The number of hydrogen-bond donors (Lipinski definition) is 0. The monoisotopic (exact) mass is 518 g/mol. The molecule has 5 aromatic rings. The fourth-order valence-electron chi connectivity index (χ4n) is 4.04. The molecule has 0 aliphatic heterocycles. The highest BCUT2D eigenvalue weighted by Crippen LogP contribution is 2.34. The molecule has 0 radical (unpaired) electrons. The van der Waals surface area contributed by atoms with Gasteiger partial charge in [0.25, 0.3) is 10.0 Å². The van der Waals surface area contributed by atoms with E-state index in [1.807, 2.05) is 28.8 Å². The minimum absolute atomic E-state index is 0.229. The Labute approximate surface area is 214 Å². The van der Waals surface area contributed by atoms with Crippen molar-refractivity contribution in [1.82, 2.24) is 18.7 Å². The van der Waals surface area contributed by atoms with Crippen molar-refractivity contribution in [2.75, 3.05) is 13.7 Å². The van der Waals surface area contributed by atoms with Crippen LogP contribution in [-0.2, 0) is 27.1 Å². The number of hydrogen-bond acceptors (Lipinski definition) is 6. The summed E-state index contributed by atoms with van der Waals surface area (Å²) >= 11 is 1.60. The summed E-state index contributed by atoms with van der Waals surface area (Å²) in [7, 11) is -2.14. The predicted molar refractivity (Wildman–Crippen MR) is 143 cm³/mol. The average molecular weight is 519 g/mol. The Hall–Kier alpha value is -3.40. The second-order valence-corrected chi connectivity index (χ2v) is 11.2. The molecule has 0 bridgehead atoms. The van der Waals surface area contributed by atoms with Crippen LogP contribution < -0.4 is 0 Å². The number of ether oxygens (including phenoxy) is 1. The van der Waals surface area contributed by atoms with E-state index in [0.717, 1.165) is 16.3 Å². The lowest BCUT2D eigenvalue weighted by molar-refractivity contribution is 0.185. The lowest BCUT2D eigenvalue weighted by Gasteiger charge is -2.09. The molecule has 3 aromatic carbocycles. The van der Waals surface area contributed by atoms with Crippen LogP contribution in [0.1, 0.15) is 11.1 Å². The van der Waals surface area contributed by atoms with Gasteiger partial charge in [-0.3, -0.25) is 4.57 Å². The van der Waals surface area contributed by atoms with Crippen LogP contribution in [0.3, 0.4) is 0 Å². The maximum absolute atomic E-state index is 13.5. The first-order chi connectivity index (χ1) is 17.5. The quantitative estimate of drug-likeness (QED) is 0.244. The third-order valence-corrected chi connectivity index (χ3v) is 8.67. The lowest BCUT2D eigenvalue weighted by Crippen LogP contribution is -2.11. The van der Waals surface area contributed by atoms with Crippen molar-refractivity contribution in [1.29, 1.82) is 0 Å². The normalized spacial score (nSPS) is 11.8. The third-order valence-electron chi connectivity index (χ3n) is 5.94. The number of aromatic nitrogens is 4. The molecule has 0 saturated heterocycles. The van der Waals surface area contributed by atoms with Crippen LogP contribution in [0.2, 0.25) is 0 Å². The summed E-state index contributed by atoms with van der Waals surface area (Å²) in [5.74, 6) is 1.35. The van der Waals surface area contributed by atoms with Crippen molar-refractivity contribution in [2.45, 2.75) is 29.3 Å². The van der Waals surface area contributed by atoms with Gasteiger partial charge < -0.3 is 4.74 Å². The topological polar surface area (TPSA) is 79.0 Å². The van der Waals surface area contributed by atoms with E-state index in [1.54, 1.807) is 55.4 Å². The summed E-state index contributed by atoms with van der Waals surface area (Å²) in [5, 5.41) is 10.5. The molecule has 2 heterocycles. The van der Waals surface area contributed by atoms with Gasteiger partial charge in [-0.05, 0) is 30.7 Å². The zero-order chi connectivity index (χ0) is 25.1. The van der Waals surface area contributed by atoms with E-state index in [0.29, 0.717) is 30.1 Å². The largest absolute Gasteiger partial charge is 0.383 e. The second-order valence-electron chi connectivity index (χ2n) is 8.40. The van der Waals surface area contributed by atoms with Crippen molar-refractivity contribution < 1.29 is 13.2 Å². The Morgan fingerprint density at radius 2 is 1.64 bits per heavy atom. The fraction of sp³-hybridized carbons (Fsp3) is 0.185. The van der Waals surface area contributed by atoms with Crippen molar-refractivity contribution >= 4 is 32.7 Å². The van der Waals surface area contributed by atoms with Gasteiger partial charge in [0, 0.05) is 30.0 Å². The zero-order valence-corrected chi connectivity index (χ0v) is 21.7. The van der Waals surface area contributed by atoms with Gasteiger partial charge in [-0.15, -0.1) is 10.2 Å². The predicted octanol–water partition coefficient (Wildman–Crippen LogP) is 5.38. The van der Waals surface area contributed by atoms with Gasteiger partial charge >= 0.3 is 0 Å². The molecule has 0 spiro atoms. The van der Waals surface area contributed by atoms with Crippen molar-refractivity contribution in [3.63, 3.8) is 0 Å². The van der Waals surface area contributed by atoms with E-state index in [-0.39, 0.29) is 4.90 Å². The van der Waals surface area contributed by atoms with Crippen LogP contribution in [0, 0.1) is 6.92 Å². The molecule has 7 nitrogen and oxygen atoms in total. The van der Waals surface area contributed by atoms with Crippen LogP contribution in [0.5, 0.6) is 0 Å². The van der Waals surface area contributed by atoms with Crippen LogP contribution in [-0.4, -0.2) is 40.9 Å². The highest BCUT2D eigenvalue weighted by Gasteiger charge is 2.24. The smallest absolute Gasteiger partial charge is 0.268 e. The van der Waals surface area contributed by atoms with Crippen LogP contribution in [0.15, 0.2) is 95.1 Å². The SMILES string of the molecule is COCCn1c(SCc2ccc(C)cc2)nnc1-c1cn(S(=O)(=O)c2ccccc2)c2ccccc12. The summed E-state index contributed by atoms with van der Waals surface area (Å²) in [4.78, 5) is 0.229. The molecule has 5 rings (SSSR count). The average Bonchev–Trinajstić information content (AvgIpc) is 3.49. The highest BCUT2D eigenvalue weighted by molar-refractivity contribution is 7.98. The van der Waals surface area contributed by atoms with E-state index in [9.17, 15) is 8.42 Å². The summed E-state index contributed by atoms with van der Waals surface area (Å²) < 4.78 is 35.8. The Morgan fingerprint density at radius 1 is 0.917 bits per heavy atom. The number of rotatable bonds is 9. The van der Waals surface area contributed by atoms with E-state index in [1.165, 1.54) is 15.1 Å². The van der Waals surface area contributed by atoms with E-state index >= 15 is 0 Å². The molecule has 2 aromatic heterocycles. The van der Waals surface area contributed by atoms with Gasteiger partial charge in [0.05, 0.1) is 23.6 Å². The van der Waals surface area contributed by atoms with E-state index < -0.39 is 10.0 Å². The maximum atomic E-state index is 13.5. The molecule has 0 aliphatic carbocycles. The number of aryl methyl sites for hydroxylation is 1. The Morgan fingerprint density at radius 3 is 2.39 bits per heavy atom. The van der Waals surface area contributed by atoms with Gasteiger partial charge in [0.15, 0.2) is 11.0 Å². The Balaban J connectivity index is 1.59. The molecule has 0 amide bonds. The van der Waals surface area contributed by atoms with Crippen molar-refractivity contribution in [3.05, 3.63) is 96.2 Å². The molecule has 0 fully saturated rings. The van der Waals surface area contributed by atoms with Gasteiger partial charge in [-0.2, -0.15) is 0 Å². The number of methoxy groups -OCH3 is 1. The third kappa shape index (κ3) is 4.69. The Kier molecular flexibility index (Phi) is 6.95. The molecular weight excluding hydrogens is 492 g/mol. The van der Waals surface area contributed by atoms with Crippen LogP contribution in [0.25, 0.3) is 22.3 Å². The first kappa shape index (κ1) is 24.3. The molecule has 9 heteroatoms. The number of para-hydroxylation sites is 1. The number of fused-ring (bicyclic) bond motifs is 1. The first-order valence-electron chi connectivity index (χ1n) is 11.5. The van der Waals surface area contributed by atoms with Gasteiger partial charge in [0.1, 0.15) is 0 Å². The molecule has 0 unspecified atom stereocenters. The standard InChI is InChI=1S/C27H26N4O3S2/c1-20-12-14-21(15-13-20)19-35-27-29-28-26(30(27)16-17-34-2)24-18-31(25-11-7-6-10-23(24)25)36(32,33)22-8-4-3-5-9-22/h3-15,18H,16-17,19H2,1-2H3. The number of benzene rings is 3. The summed E-state index contributed by atoms with van der Waals surface area (Å²) in [5.41, 5.74) is 3.71. The molecular formula is C27H26N4O3S2. The first-order valence-corrected chi connectivity index (χ1v) is 13.9. The molecule has 0 aliphatic rings. The van der Waals surface area contributed by atoms with E-state index in [4.69, 9.17) is 4.74 Å². The van der Waals surface area contributed by atoms with Gasteiger partial charge in [-0.25, -0.2) is 12.4 Å². The van der Waals surface area contributed by atoms with Gasteiger partial charge in [-0.1, -0.05) is 78.0 Å². The molecule has 36 heavy (non-hydrogen) atoms. The van der Waals surface area contributed by atoms with Crippen LogP contribution in [0.4, 0.5) is 0 Å². The molecule has 184 valence electrons. The maximum Gasteiger partial charge on any atom is 0.268 e. The summed E-state index contributed by atoms with van der Waals surface area (Å²) in [6.45, 7) is 3.09. The number of thioether (sulfide) groups is 1. The summed E-state index contributed by atoms with van der Waals surface area (Å²) in [6, 6.07) is 24.3. The zero-order valence-electron chi connectivity index (χ0n) is 20.0. The van der Waals surface area contributed by atoms with Crippen molar-refractivity contribution in [2.24, 2.45) is 0 Å². The lowest BCUT2D eigenvalue weighted by atomic mass is 10.1. The fourth-order valence-corrected chi connectivity index (χ4v) is 6.35. The Bertz CT molecular complexity index is 1590. The number of nitrogens with zero attached hydrogens (tertiary/aromatic N) is 4. The summed E-state index contributed by atoms with van der Waals surface area (Å²) in [6.07, 6.45) is 1.65. The second kappa shape index (κ2) is 10.3. The van der Waals surface area contributed by atoms with Crippen molar-refractivity contribution in [3.8, 4) is 11.4 Å². The van der Waals surface area contributed by atoms with E-state index in [2.05, 4.69) is 41.4 Å².